The van der Waals surface area contributed by atoms with E-state index in [9.17, 15) is 52.1 Å². The van der Waals surface area contributed by atoms with Gasteiger partial charge in [-0.05, 0) is 55.0 Å². The lowest BCUT2D eigenvalue weighted by atomic mass is 10.0. The molecule has 0 bridgehead atoms. The van der Waals surface area contributed by atoms with Gasteiger partial charge in [0.15, 0.2) is 0 Å². The number of nitro groups is 1. The van der Waals surface area contributed by atoms with Crippen LogP contribution in [0.2, 0.25) is 0 Å². The first-order chi connectivity index (χ1) is 42.9. The Morgan fingerprint density at radius 3 is 1.78 bits per heavy atom. The van der Waals surface area contributed by atoms with Gasteiger partial charge in [0, 0.05) is 67.4 Å². The summed E-state index contributed by atoms with van der Waals surface area (Å²) in [5.74, 6) is 3.27. The Bertz CT molecular complexity index is 2780. The molecule has 7 N–H and O–H groups in total. The molecule has 1 heterocycles. The molecule has 89 heavy (non-hydrogen) atoms. The number of urea groups is 1. The second kappa shape index (κ2) is 45.8. The Morgan fingerprint density at radius 2 is 1.26 bits per heavy atom. The van der Waals surface area contributed by atoms with Crippen molar-refractivity contribution in [1.29, 1.82) is 0 Å². The number of primary amides is 1. The Balaban J connectivity index is 1.50. The number of carbonyl (C=O) groups excluding carboxylic acids is 7. The van der Waals surface area contributed by atoms with E-state index in [1.807, 2.05) is 0 Å². The maximum Gasteiger partial charge on any atom is 0.514 e. The number of unbranched alkanes of at least 4 members (excludes halogenated alkanes) is 1. The fourth-order valence-corrected chi connectivity index (χ4v) is 8.53. The number of sulfone groups is 1. The number of nitro benzene ring substituents is 1. The zero-order chi connectivity index (χ0) is 64.9. The van der Waals surface area contributed by atoms with Crippen LogP contribution in [0.5, 0.6) is 5.75 Å². The summed E-state index contributed by atoms with van der Waals surface area (Å²) < 4.78 is 77.1. The zero-order valence-electron chi connectivity index (χ0n) is 50.1. The van der Waals surface area contributed by atoms with Crippen LogP contribution in [0, 0.1) is 27.9 Å². The maximum absolute atomic E-state index is 14.1. The van der Waals surface area contributed by atoms with Gasteiger partial charge in [-0.1, -0.05) is 37.8 Å². The molecule has 0 spiro atoms. The summed E-state index contributed by atoms with van der Waals surface area (Å²) >= 11 is 1.32. The zero-order valence-corrected chi connectivity index (χ0v) is 51.8. The van der Waals surface area contributed by atoms with Gasteiger partial charge >= 0.3 is 12.2 Å². The molecule has 0 unspecified atom stereocenters. The SMILES string of the molecule is CC(C)[C@H](NC(=O)[C@H](CSCCOCCOCCOCCOCCOCCOCCOCCOCC=O)NC(=O)CCCC#Cc1cnc(S(C)(=O)=O)nc1)C(=O)N[C@@H](CCCNC(N)=O)C(=O)Nc1ccc(COC(=O)Oc2ccc([N+](=O)[O-])cc2)cc1. The summed E-state index contributed by atoms with van der Waals surface area (Å²) in [5.41, 5.74) is 6.25. The van der Waals surface area contributed by atoms with Crippen LogP contribution in [0.3, 0.4) is 0 Å². The minimum absolute atomic E-state index is 0.0172. The fraction of sp³-hybridized carbons (Fsp3) is 0.561. The predicted octanol–water partition coefficient (Wildman–Crippen LogP) is 2.29. The van der Waals surface area contributed by atoms with Crippen molar-refractivity contribution in [2.45, 2.75) is 75.8 Å². The number of nitrogens with two attached hydrogens (primary N) is 1. The standard InChI is InChI=1S/C57H81N9O21S2/c1-42(2)51(54(71)64-48(9-7-19-59-55(58)72)52(69)62-45-13-11-43(12-14-45)40-86-57(73)87-47-17-15-46(16-18-47)66(74)75)65-53(70)49(63-50(68)10-6-4-5-8-44-38-60-56(61-39-44)89(3,76)77)41-88-37-36-85-35-34-84-33-32-83-31-30-82-29-28-81-27-26-80-25-24-79-23-22-78-21-20-67/h11-18,20,38-39,42,48-49,51H,4,6-7,9-10,19,21-37,40-41H2,1-3H3,(H,62,69)(H,63,68)(H,64,71)(H,65,70)(H3,58,59,72)/t48-,49-,51-/m0/s1. The summed E-state index contributed by atoms with van der Waals surface area (Å²) in [6.45, 7) is 8.84. The number of non-ortho nitro benzene ring substituents is 1. The lowest BCUT2D eigenvalue weighted by Gasteiger charge is -2.27. The number of amides is 6. The molecular formula is C57H81N9O21S2. The molecule has 1 aromatic heterocycles. The smallest absolute Gasteiger partial charge is 0.429 e. The van der Waals surface area contributed by atoms with E-state index in [2.05, 4.69) is 48.4 Å². The third-order valence-electron chi connectivity index (χ3n) is 11.7. The monoisotopic (exact) mass is 1290 g/mol. The van der Waals surface area contributed by atoms with Gasteiger partial charge in [0.2, 0.25) is 38.6 Å². The number of anilines is 1. The van der Waals surface area contributed by atoms with E-state index < -0.39 is 74.6 Å². The van der Waals surface area contributed by atoms with Crippen LogP contribution < -0.4 is 37.1 Å². The lowest BCUT2D eigenvalue weighted by molar-refractivity contribution is -0.384. The molecule has 0 saturated heterocycles. The molecule has 3 rings (SSSR count). The summed E-state index contributed by atoms with van der Waals surface area (Å²) in [5, 5.41) is 24.0. The number of hydrogen-bond acceptors (Lipinski definition) is 24. The van der Waals surface area contributed by atoms with Gasteiger partial charge in [0.25, 0.3) is 5.69 Å². The van der Waals surface area contributed by atoms with Crippen molar-refractivity contribution in [3.63, 3.8) is 0 Å². The first-order valence-electron chi connectivity index (χ1n) is 28.4. The molecule has 3 aromatic rings. The number of nitrogens with one attached hydrogen (secondary N) is 5. The first-order valence-corrected chi connectivity index (χ1v) is 31.5. The molecule has 0 aliphatic rings. The Kier molecular flexibility index (Phi) is 39.0. The van der Waals surface area contributed by atoms with Crippen molar-refractivity contribution in [2.24, 2.45) is 11.7 Å². The summed E-state index contributed by atoms with van der Waals surface area (Å²) in [6.07, 6.45) is 3.96. The van der Waals surface area contributed by atoms with Crippen LogP contribution in [0.15, 0.2) is 66.1 Å². The first kappa shape index (κ1) is 75.8. The number of thioether (sulfide) groups is 1. The van der Waals surface area contributed by atoms with Crippen LogP contribution in [0.4, 0.5) is 21.0 Å². The largest absolute Gasteiger partial charge is 0.514 e. The van der Waals surface area contributed by atoms with Crippen LogP contribution in [-0.4, -0.2) is 214 Å². The summed E-state index contributed by atoms with van der Waals surface area (Å²) in [7, 11) is -3.59. The van der Waals surface area contributed by atoms with Gasteiger partial charge in [-0.3, -0.25) is 29.3 Å². The van der Waals surface area contributed by atoms with Crippen molar-refractivity contribution < 1.29 is 94.3 Å². The molecule has 6 amide bonds. The van der Waals surface area contributed by atoms with E-state index in [1.54, 1.807) is 26.0 Å². The van der Waals surface area contributed by atoms with Crippen LogP contribution in [0.25, 0.3) is 0 Å². The van der Waals surface area contributed by atoms with E-state index in [0.29, 0.717) is 121 Å². The molecule has 0 aliphatic heterocycles. The van der Waals surface area contributed by atoms with Crippen molar-refractivity contribution in [1.82, 2.24) is 31.2 Å². The average molecular weight is 1290 g/mol. The van der Waals surface area contributed by atoms with E-state index in [1.165, 1.54) is 60.6 Å². The number of carbonyl (C=O) groups is 7. The number of aldehydes is 1. The molecule has 0 aliphatic carbocycles. The van der Waals surface area contributed by atoms with Gasteiger partial charge in [0.1, 0.15) is 43.4 Å². The van der Waals surface area contributed by atoms with Gasteiger partial charge < -0.3 is 84.5 Å². The second-order valence-electron chi connectivity index (χ2n) is 19.2. The number of aromatic nitrogens is 2. The van der Waals surface area contributed by atoms with Crippen molar-refractivity contribution in [2.75, 3.05) is 135 Å². The third kappa shape index (κ3) is 36.0. The van der Waals surface area contributed by atoms with Crippen molar-refractivity contribution >= 4 is 75.1 Å². The molecule has 0 saturated carbocycles. The predicted molar refractivity (Wildman–Crippen MR) is 322 cm³/mol. The summed E-state index contributed by atoms with van der Waals surface area (Å²) in [6, 6.07) is 6.74. The Hall–Kier alpha value is -7.45. The molecule has 32 heteroatoms. The van der Waals surface area contributed by atoms with Gasteiger partial charge in [-0.15, -0.1) is 0 Å². The average Bonchev–Trinajstić information content (AvgIpc) is 3.44. The normalized spacial score (nSPS) is 12.1. The highest BCUT2D eigenvalue weighted by molar-refractivity contribution is 7.99. The minimum Gasteiger partial charge on any atom is -0.429 e. The van der Waals surface area contributed by atoms with E-state index in [-0.39, 0.29) is 81.0 Å². The second-order valence-corrected chi connectivity index (χ2v) is 22.3. The molecule has 0 fully saturated rings. The van der Waals surface area contributed by atoms with Crippen LogP contribution >= 0.6 is 11.8 Å². The van der Waals surface area contributed by atoms with Crippen LogP contribution in [0.1, 0.15) is 57.1 Å². The number of ether oxygens (including phenoxy) is 10. The molecule has 0 radical (unpaired) electrons. The van der Waals surface area contributed by atoms with E-state index in [0.717, 1.165) is 6.26 Å². The van der Waals surface area contributed by atoms with Gasteiger partial charge in [-0.25, -0.2) is 28.0 Å². The molecule has 492 valence electrons. The topological polar surface area (TPSA) is 401 Å². The number of nitrogens with zero attached hydrogens (tertiary/aromatic N) is 3. The molecule has 3 atom stereocenters. The van der Waals surface area contributed by atoms with E-state index >= 15 is 0 Å². The quantitative estimate of drug-likeness (QED) is 0.00690. The van der Waals surface area contributed by atoms with Gasteiger partial charge in [0.05, 0.1) is 110 Å². The lowest BCUT2D eigenvalue weighted by Crippen LogP contribution is -2.58. The van der Waals surface area contributed by atoms with Gasteiger partial charge in [-0.2, -0.15) is 11.8 Å². The number of rotatable bonds is 48. The molecule has 2 aromatic carbocycles. The highest BCUT2D eigenvalue weighted by Gasteiger charge is 2.32. The molecule has 30 nitrogen and oxygen atoms in total. The Labute approximate surface area is 521 Å². The number of benzene rings is 2. The van der Waals surface area contributed by atoms with E-state index in [4.69, 9.17) is 53.1 Å². The Morgan fingerprint density at radius 1 is 0.708 bits per heavy atom. The van der Waals surface area contributed by atoms with Crippen LogP contribution in [-0.2, 0) is 83.0 Å². The summed E-state index contributed by atoms with van der Waals surface area (Å²) in [4.78, 5) is 107. The molecular weight excluding hydrogens is 1210 g/mol. The maximum atomic E-state index is 14.1. The van der Waals surface area contributed by atoms with Crippen molar-refractivity contribution in [3.8, 4) is 17.6 Å². The minimum atomic E-state index is -3.59. The highest BCUT2D eigenvalue weighted by atomic mass is 32.2. The third-order valence-corrected chi connectivity index (χ3v) is 13.6. The van der Waals surface area contributed by atoms with Crippen molar-refractivity contribution in [3.05, 3.63) is 82.2 Å². The highest BCUT2D eigenvalue weighted by Crippen LogP contribution is 2.19. The fourth-order valence-electron chi connectivity index (χ4n) is 7.17. The number of hydrogen-bond donors (Lipinski definition) is 6.